The standard InChI is InChI=1S/C20H27N5O/c1-16-21-19(15-20(22-16)25-11-13-26-14-12-25)23-17-5-7-18(8-6-17)24-9-3-2-4-10-24/h5-8,15H,2-4,9-14H2,1H3,(H,21,22,23). The van der Waals surface area contributed by atoms with Crippen molar-refractivity contribution in [3.8, 4) is 0 Å². The zero-order chi connectivity index (χ0) is 17.8. The van der Waals surface area contributed by atoms with Crippen LogP contribution in [0.15, 0.2) is 30.3 Å². The van der Waals surface area contributed by atoms with E-state index < -0.39 is 0 Å². The molecular weight excluding hydrogens is 326 g/mol. The predicted molar refractivity (Wildman–Crippen MR) is 106 cm³/mol. The van der Waals surface area contributed by atoms with E-state index in [1.165, 1.54) is 38.0 Å². The molecule has 0 atom stereocenters. The lowest BCUT2D eigenvalue weighted by atomic mass is 10.1. The molecule has 0 bridgehead atoms. The number of nitrogens with zero attached hydrogens (tertiary/aromatic N) is 4. The Bertz CT molecular complexity index is 721. The number of aromatic nitrogens is 2. The van der Waals surface area contributed by atoms with Crippen molar-refractivity contribution in [2.24, 2.45) is 0 Å². The van der Waals surface area contributed by atoms with Gasteiger partial charge in [-0.15, -0.1) is 0 Å². The van der Waals surface area contributed by atoms with Gasteiger partial charge >= 0.3 is 0 Å². The minimum atomic E-state index is 0.754. The molecule has 0 unspecified atom stereocenters. The Balaban J connectivity index is 1.47. The van der Waals surface area contributed by atoms with Crippen molar-refractivity contribution in [1.82, 2.24) is 9.97 Å². The van der Waals surface area contributed by atoms with Crippen molar-refractivity contribution in [2.75, 3.05) is 54.5 Å². The summed E-state index contributed by atoms with van der Waals surface area (Å²) in [5, 5.41) is 3.43. The van der Waals surface area contributed by atoms with E-state index >= 15 is 0 Å². The molecule has 2 fully saturated rings. The molecule has 0 spiro atoms. The Kier molecular flexibility index (Phi) is 5.20. The lowest BCUT2D eigenvalue weighted by Crippen LogP contribution is -2.36. The third-order valence-corrected chi connectivity index (χ3v) is 5.02. The second-order valence-electron chi connectivity index (χ2n) is 6.98. The van der Waals surface area contributed by atoms with Crippen LogP contribution in [0.1, 0.15) is 25.1 Å². The van der Waals surface area contributed by atoms with E-state index in [2.05, 4.69) is 49.4 Å². The lowest BCUT2D eigenvalue weighted by molar-refractivity contribution is 0.122. The average Bonchev–Trinajstić information content (AvgIpc) is 2.69. The fraction of sp³-hybridized carbons (Fsp3) is 0.500. The van der Waals surface area contributed by atoms with Gasteiger partial charge in [0, 0.05) is 43.6 Å². The van der Waals surface area contributed by atoms with Gasteiger partial charge in [-0.1, -0.05) is 0 Å². The average molecular weight is 353 g/mol. The summed E-state index contributed by atoms with van der Waals surface area (Å²) >= 11 is 0. The second kappa shape index (κ2) is 7.91. The predicted octanol–water partition coefficient (Wildman–Crippen LogP) is 3.36. The third kappa shape index (κ3) is 4.07. The number of anilines is 4. The zero-order valence-electron chi connectivity index (χ0n) is 15.4. The van der Waals surface area contributed by atoms with Crippen LogP contribution in [0.5, 0.6) is 0 Å². The molecule has 26 heavy (non-hydrogen) atoms. The molecule has 0 aliphatic carbocycles. The molecule has 1 N–H and O–H groups in total. The molecule has 3 heterocycles. The van der Waals surface area contributed by atoms with Gasteiger partial charge in [0.05, 0.1) is 13.2 Å². The minimum Gasteiger partial charge on any atom is -0.378 e. The number of hydrogen-bond acceptors (Lipinski definition) is 6. The summed E-state index contributed by atoms with van der Waals surface area (Å²) in [5.41, 5.74) is 2.36. The van der Waals surface area contributed by atoms with Gasteiger partial charge in [-0.3, -0.25) is 0 Å². The quantitative estimate of drug-likeness (QED) is 0.910. The first-order valence-corrected chi connectivity index (χ1v) is 9.58. The van der Waals surface area contributed by atoms with Crippen LogP contribution in [0, 0.1) is 6.92 Å². The summed E-state index contributed by atoms with van der Waals surface area (Å²) in [6.45, 7) is 7.53. The number of morpholine rings is 1. The fourth-order valence-electron chi connectivity index (χ4n) is 3.63. The molecule has 0 saturated carbocycles. The van der Waals surface area contributed by atoms with Gasteiger partial charge < -0.3 is 19.9 Å². The molecule has 2 aliphatic rings. The Morgan fingerprint density at radius 1 is 0.885 bits per heavy atom. The second-order valence-corrected chi connectivity index (χ2v) is 6.98. The van der Waals surface area contributed by atoms with E-state index in [4.69, 9.17) is 4.74 Å². The monoisotopic (exact) mass is 353 g/mol. The molecule has 2 aliphatic heterocycles. The van der Waals surface area contributed by atoms with Crippen LogP contribution >= 0.6 is 0 Å². The SMILES string of the molecule is Cc1nc(Nc2ccc(N3CCCCC3)cc2)cc(N2CCOCC2)n1. The maximum atomic E-state index is 5.43. The summed E-state index contributed by atoms with van der Waals surface area (Å²) < 4.78 is 5.43. The molecular formula is C20H27N5O. The van der Waals surface area contributed by atoms with Gasteiger partial charge in [-0.2, -0.15) is 0 Å². The van der Waals surface area contributed by atoms with Gasteiger partial charge in [0.2, 0.25) is 0 Å². The van der Waals surface area contributed by atoms with Gasteiger partial charge in [0.1, 0.15) is 17.5 Å². The Morgan fingerprint density at radius 3 is 2.35 bits per heavy atom. The molecule has 0 radical (unpaired) electrons. The van der Waals surface area contributed by atoms with E-state index in [1.807, 2.05) is 13.0 Å². The summed E-state index contributed by atoms with van der Waals surface area (Å²) in [5.74, 6) is 2.58. The minimum absolute atomic E-state index is 0.754. The highest BCUT2D eigenvalue weighted by Crippen LogP contribution is 2.24. The molecule has 4 rings (SSSR count). The summed E-state index contributed by atoms with van der Waals surface area (Å²) in [7, 11) is 0. The Hall–Kier alpha value is -2.34. The molecule has 1 aromatic carbocycles. The van der Waals surface area contributed by atoms with Gasteiger partial charge in [-0.25, -0.2) is 9.97 Å². The highest BCUT2D eigenvalue weighted by molar-refractivity contribution is 5.63. The number of piperidine rings is 1. The third-order valence-electron chi connectivity index (χ3n) is 5.02. The van der Waals surface area contributed by atoms with Crippen molar-refractivity contribution in [2.45, 2.75) is 26.2 Å². The van der Waals surface area contributed by atoms with Crippen molar-refractivity contribution < 1.29 is 4.74 Å². The van der Waals surface area contributed by atoms with Gasteiger partial charge in [-0.05, 0) is 50.5 Å². The van der Waals surface area contributed by atoms with Crippen LogP contribution in [-0.4, -0.2) is 49.4 Å². The molecule has 6 heteroatoms. The molecule has 138 valence electrons. The highest BCUT2D eigenvalue weighted by Gasteiger charge is 2.14. The van der Waals surface area contributed by atoms with E-state index in [0.29, 0.717) is 0 Å². The number of benzene rings is 1. The molecule has 6 nitrogen and oxygen atoms in total. The number of ether oxygens (including phenoxy) is 1. The highest BCUT2D eigenvalue weighted by atomic mass is 16.5. The van der Waals surface area contributed by atoms with Crippen molar-refractivity contribution >= 4 is 23.0 Å². The topological polar surface area (TPSA) is 53.5 Å². The maximum absolute atomic E-state index is 5.43. The first-order chi connectivity index (χ1) is 12.8. The molecule has 2 saturated heterocycles. The van der Waals surface area contributed by atoms with Crippen LogP contribution in [0.3, 0.4) is 0 Å². The van der Waals surface area contributed by atoms with Crippen molar-refractivity contribution in [1.29, 1.82) is 0 Å². The summed E-state index contributed by atoms with van der Waals surface area (Å²) in [4.78, 5) is 13.9. The van der Waals surface area contributed by atoms with E-state index in [9.17, 15) is 0 Å². The zero-order valence-corrected chi connectivity index (χ0v) is 15.4. The number of nitrogens with one attached hydrogen (secondary N) is 1. The maximum Gasteiger partial charge on any atom is 0.136 e. The number of rotatable bonds is 4. The van der Waals surface area contributed by atoms with Crippen LogP contribution < -0.4 is 15.1 Å². The largest absolute Gasteiger partial charge is 0.378 e. The van der Waals surface area contributed by atoms with Crippen molar-refractivity contribution in [3.05, 3.63) is 36.2 Å². The first-order valence-electron chi connectivity index (χ1n) is 9.58. The fourth-order valence-corrected chi connectivity index (χ4v) is 3.63. The molecule has 2 aromatic rings. The smallest absolute Gasteiger partial charge is 0.136 e. The van der Waals surface area contributed by atoms with Gasteiger partial charge in [0.25, 0.3) is 0 Å². The van der Waals surface area contributed by atoms with Gasteiger partial charge in [0.15, 0.2) is 0 Å². The Morgan fingerprint density at radius 2 is 1.62 bits per heavy atom. The van der Waals surface area contributed by atoms with Crippen LogP contribution in [-0.2, 0) is 4.74 Å². The number of hydrogen-bond donors (Lipinski definition) is 1. The van der Waals surface area contributed by atoms with Crippen LogP contribution in [0.25, 0.3) is 0 Å². The number of aryl methyl sites for hydroxylation is 1. The summed E-state index contributed by atoms with van der Waals surface area (Å²) in [6, 6.07) is 10.7. The normalized spacial score (nSPS) is 18.0. The lowest BCUT2D eigenvalue weighted by Gasteiger charge is -2.29. The van der Waals surface area contributed by atoms with E-state index in [1.54, 1.807) is 0 Å². The molecule has 1 aromatic heterocycles. The first kappa shape index (κ1) is 17.1. The Labute approximate surface area is 155 Å². The molecule has 0 amide bonds. The summed E-state index contributed by atoms with van der Waals surface area (Å²) in [6.07, 6.45) is 3.95. The van der Waals surface area contributed by atoms with Crippen LogP contribution in [0.2, 0.25) is 0 Å². The van der Waals surface area contributed by atoms with E-state index in [0.717, 1.165) is 49.5 Å². The van der Waals surface area contributed by atoms with Crippen LogP contribution in [0.4, 0.5) is 23.0 Å². The van der Waals surface area contributed by atoms with E-state index in [-0.39, 0.29) is 0 Å². The van der Waals surface area contributed by atoms with Crippen molar-refractivity contribution in [3.63, 3.8) is 0 Å².